The van der Waals surface area contributed by atoms with Crippen molar-refractivity contribution >= 4 is 17.6 Å². The molecule has 1 fully saturated rings. The highest BCUT2D eigenvalue weighted by atomic mass is 19.1. The maximum Gasteiger partial charge on any atom is 0.321 e. The molecule has 3 N–H and O–H groups in total. The lowest BCUT2D eigenvalue weighted by Gasteiger charge is -2.21. The van der Waals surface area contributed by atoms with Crippen molar-refractivity contribution in [1.82, 2.24) is 4.90 Å². The number of anilines is 1. The predicted octanol–water partition coefficient (Wildman–Crippen LogP) is 2.58. The highest BCUT2D eigenvalue weighted by Crippen LogP contribution is 2.25. The summed E-state index contributed by atoms with van der Waals surface area (Å²) in [6, 6.07) is 3.50. The molecule has 2 rings (SSSR count). The fraction of sp³-hybridized carbons (Fsp3) is 0.467. The molecule has 0 unspecified atom stereocenters. The summed E-state index contributed by atoms with van der Waals surface area (Å²) >= 11 is 0. The van der Waals surface area contributed by atoms with Gasteiger partial charge >= 0.3 is 6.03 Å². The van der Waals surface area contributed by atoms with Crippen LogP contribution in [-0.2, 0) is 0 Å². The molecular formula is C15H20FN3O2. The number of hydrogen-bond acceptors (Lipinski definition) is 2. The van der Waals surface area contributed by atoms with Gasteiger partial charge in [-0.2, -0.15) is 0 Å². The van der Waals surface area contributed by atoms with Crippen molar-refractivity contribution in [2.24, 2.45) is 11.7 Å². The first-order valence-corrected chi connectivity index (χ1v) is 7.09. The van der Waals surface area contributed by atoms with Gasteiger partial charge in [0.1, 0.15) is 5.82 Å². The molecule has 0 bridgehead atoms. The molecule has 5 nitrogen and oxygen atoms in total. The van der Waals surface area contributed by atoms with Crippen molar-refractivity contribution in [2.45, 2.75) is 25.7 Å². The lowest BCUT2D eigenvalue weighted by molar-refractivity contribution is 0.0996. The van der Waals surface area contributed by atoms with Gasteiger partial charge in [0.25, 0.3) is 5.91 Å². The van der Waals surface area contributed by atoms with Crippen molar-refractivity contribution in [3.05, 3.63) is 29.6 Å². The van der Waals surface area contributed by atoms with Gasteiger partial charge in [0.2, 0.25) is 0 Å². The third kappa shape index (κ3) is 3.93. The second-order valence-electron chi connectivity index (χ2n) is 5.52. The van der Waals surface area contributed by atoms with Crippen LogP contribution in [0.1, 0.15) is 36.0 Å². The molecule has 1 saturated carbocycles. The van der Waals surface area contributed by atoms with Crippen molar-refractivity contribution in [1.29, 1.82) is 0 Å². The Kier molecular flexibility index (Phi) is 4.77. The summed E-state index contributed by atoms with van der Waals surface area (Å²) < 4.78 is 13.4. The zero-order valence-corrected chi connectivity index (χ0v) is 12.1. The average Bonchev–Trinajstić information content (AvgIpc) is 2.93. The number of primary amides is 1. The molecule has 0 radical (unpaired) electrons. The van der Waals surface area contributed by atoms with E-state index >= 15 is 0 Å². The summed E-state index contributed by atoms with van der Waals surface area (Å²) in [7, 11) is 1.73. The van der Waals surface area contributed by atoms with Crippen LogP contribution < -0.4 is 11.1 Å². The van der Waals surface area contributed by atoms with Crippen LogP contribution >= 0.6 is 0 Å². The number of nitrogens with zero attached hydrogens (tertiary/aromatic N) is 1. The first kappa shape index (κ1) is 15.3. The van der Waals surface area contributed by atoms with Crippen LogP contribution in [0.15, 0.2) is 18.2 Å². The number of rotatable bonds is 4. The number of urea groups is 1. The highest BCUT2D eigenvalue weighted by molar-refractivity contribution is 5.96. The molecular weight excluding hydrogens is 273 g/mol. The number of halogens is 1. The van der Waals surface area contributed by atoms with Gasteiger partial charge in [-0.05, 0) is 37.0 Å². The van der Waals surface area contributed by atoms with Gasteiger partial charge in [0.15, 0.2) is 0 Å². The first-order chi connectivity index (χ1) is 9.97. The van der Waals surface area contributed by atoms with Crippen molar-refractivity contribution < 1.29 is 14.0 Å². The largest absolute Gasteiger partial charge is 0.366 e. The normalized spacial score (nSPS) is 15.0. The molecule has 1 aliphatic rings. The molecule has 114 valence electrons. The summed E-state index contributed by atoms with van der Waals surface area (Å²) in [6.45, 7) is 0.704. The molecule has 0 heterocycles. The van der Waals surface area contributed by atoms with Crippen molar-refractivity contribution in [3.8, 4) is 0 Å². The van der Waals surface area contributed by atoms with Crippen molar-refractivity contribution in [3.63, 3.8) is 0 Å². The fourth-order valence-corrected chi connectivity index (χ4v) is 2.67. The van der Waals surface area contributed by atoms with Crippen LogP contribution in [0.25, 0.3) is 0 Å². The number of nitrogens with two attached hydrogens (primary N) is 1. The average molecular weight is 293 g/mol. The lowest BCUT2D eigenvalue weighted by atomic mass is 10.1. The van der Waals surface area contributed by atoms with E-state index in [0.717, 1.165) is 18.9 Å². The maximum atomic E-state index is 13.4. The van der Waals surface area contributed by atoms with Gasteiger partial charge in [0.05, 0.1) is 5.56 Å². The van der Waals surface area contributed by atoms with E-state index in [2.05, 4.69) is 5.32 Å². The van der Waals surface area contributed by atoms with E-state index in [1.807, 2.05) is 0 Å². The first-order valence-electron chi connectivity index (χ1n) is 7.09. The second-order valence-corrected chi connectivity index (χ2v) is 5.52. The third-order valence-electron chi connectivity index (χ3n) is 3.84. The van der Waals surface area contributed by atoms with Crippen LogP contribution in [0.2, 0.25) is 0 Å². The van der Waals surface area contributed by atoms with Gasteiger partial charge < -0.3 is 16.0 Å². The van der Waals surface area contributed by atoms with E-state index in [9.17, 15) is 14.0 Å². The molecule has 1 aromatic rings. The molecule has 6 heteroatoms. The summed E-state index contributed by atoms with van der Waals surface area (Å²) in [4.78, 5) is 24.8. The molecule has 0 atom stereocenters. The number of carbonyl (C=O) groups is 2. The molecule has 21 heavy (non-hydrogen) atoms. The number of benzene rings is 1. The second kappa shape index (κ2) is 6.56. The van der Waals surface area contributed by atoms with E-state index in [-0.39, 0.29) is 11.6 Å². The summed E-state index contributed by atoms with van der Waals surface area (Å²) in [5.74, 6) is -1.00. The Morgan fingerprint density at radius 3 is 2.67 bits per heavy atom. The topological polar surface area (TPSA) is 75.4 Å². The molecule has 0 aliphatic heterocycles. The number of hydrogen-bond donors (Lipinski definition) is 2. The molecule has 3 amide bonds. The minimum Gasteiger partial charge on any atom is -0.366 e. The molecule has 1 aromatic carbocycles. The Bertz CT molecular complexity index is 542. The molecule has 1 aliphatic carbocycles. The predicted molar refractivity (Wildman–Crippen MR) is 78.5 cm³/mol. The summed E-state index contributed by atoms with van der Waals surface area (Å²) in [6.07, 6.45) is 4.75. The van der Waals surface area contributed by atoms with E-state index in [4.69, 9.17) is 5.73 Å². The molecule has 0 saturated heterocycles. The van der Waals surface area contributed by atoms with E-state index < -0.39 is 11.7 Å². The van der Waals surface area contributed by atoms with Crippen LogP contribution in [0.3, 0.4) is 0 Å². The summed E-state index contributed by atoms with van der Waals surface area (Å²) in [5.41, 5.74) is 5.21. The monoisotopic (exact) mass is 293 g/mol. The fourth-order valence-electron chi connectivity index (χ4n) is 2.67. The van der Waals surface area contributed by atoms with Gasteiger partial charge in [-0.25, -0.2) is 9.18 Å². The lowest BCUT2D eigenvalue weighted by Crippen LogP contribution is -2.34. The smallest absolute Gasteiger partial charge is 0.321 e. The minimum absolute atomic E-state index is 0.230. The quantitative estimate of drug-likeness (QED) is 0.895. The Balaban J connectivity index is 1.98. The SMILES string of the molecule is CN(CC1CCCC1)C(=O)Nc1ccc(F)c(C(N)=O)c1. The van der Waals surface area contributed by atoms with Crippen LogP contribution in [0.5, 0.6) is 0 Å². The van der Waals surface area contributed by atoms with Crippen LogP contribution in [-0.4, -0.2) is 30.4 Å². The van der Waals surface area contributed by atoms with Crippen LogP contribution in [0, 0.1) is 11.7 Å². The Morgan fingerprint density at radius 1 is 1.38 bits per heavy atom. The van der Waals surface area contributed by atoms with E-state index in [1.54, 1.807) is 11.9 Å². The van der Waals surface area contributed by atoms with Gasteiger partial charge in [0, 0.05) is 19.3 Å². The number of amides is 3. The zero-order valence-electron chi connectivity index (χ0n) is 12.1. The van der Waals surface area contributed by atoms with Crippen molar-refractivity contribution in [2.75, 3.05) is 18.9 Å². The molecule has 0 spiro atoms. The third-order valence-corrected chi connectivity index (χ3v) is 3.84. The van der Waals surface area contributed by atoms with E-state index in [1.165, 1.54) is 25.0 Å². The van der Waals surface area contributed by atoms with Gasteiger partial charge in [-0.1, -0.05) is 12.8 Å². The Morgan fingerprint density at radius 2 is 2.05 bits per heavy atom. The standard InChI is InChI=1S/C15H20FN3O2/c1-19(9-10-4-2-3-5-10)15(21)18-11-6-7-13(16)12(8-11)14(17)20/h6-8,10H,2-5,9H2,1H3,(H2,17,20)(H,18,21). The zero-order chi connectivity index (χ0) is 15.4. The van der Waals surface area contributed by atoms with Crippen LogP contribution in [0.4, 0.5) is 14.9 Å². The van der Waals surface area contributed by atoms with Gasteiger partial charge in [-0.3, -0.25) is 4.79 Å². The number of carbonyl (C=O) groups excluding carboxylic acids is 2. The minimum atomic E-state index is -0.858. The number of nitrogens with one attached hydrogen (secondary N) is 1. The molecule has 0 aromatic heterocycles. The summed E-state index contributed by atoms with van der Waals surface area (Å²) in [5, 5.41) is 2.65. The highest BCUT2D eigenvalue weighted by Gasteiger charge is 2.19. The van der Waals surface area contributed by atoms with Gasteiger partial charge in [-0.15, -0.1) is 0 Å². The Labute approximate surface area is 123 Å². The maximum absolute atomic E-state index is 13.4. The Hall–Kier alpha value is -2.11. The van der Waals surface area contributed by atoms with E-state index in [0.29, 0.717) is 18.2 Å².